The maximum Gasteiger partial charge on any atom is 0.254 e. The van der Waals surface area contributed by atoms with Gasteiger partial charge in [-0.05, 0) is 50.8 Å². The third-order valence-electron chi connectivity index (χ3n) is 4.90. The van der Waals surface area contributed by atoms with Crippen LogP contribution >= 0.6 is 11.3 Å². The highest BCUT2D eigenvalue weighted by molar-refractivity contribution is 7.89. The Balaban J connectivity index is 1.94. The summed E-state index contributed by atoms with van der Waals surface area (Å²) in [6.45, 7) is 5.84. The number of hydrogen-bond acceptors (Lipinski definition) is 5. The third-order valence-corrected chi connectivity index (χ3v) is 7.56. The lowest BCUT2D eigenvalue weighted by atomic mass is 9.96. The van der Waals surface area contributed by atoms with Gasteiger partial charge in [-0.15, -0.1) is 11.3 Å². The molecule has 8 heteroatoms. The van der Waals surface area contributed by atoms with Crippen molar-refractivity contribution in [1.82, 2.24) is 14.6 Å². The molecule has 6 nitrogen and oxygen atoms in total. The topological polar surface area (TPSA) is 79.4 Å². The molecule has 1 aromatic heterocycles. The quantitative estimate of drug-likeness (QED) is 0.825. The van der Waals surface area contributed by atoms with Crippen molar-refractivity contribution in [3.05, 3.63) is 44.9 Å². The Morgan fingerprint density at radius 2 is 2.11 bits per heavy atom. The average molecular weight is 408 g/mol. The summed E-state index contributed by atoms with van der Waals surface area (Å²) in [5.41, 5.74) is 2.28. The molecule has 27 heavy (non-hydrogen) atoms. The number of nitrogens with zero attached hydrogens (tertiary/aromatic N) is 2. The number of aromatic nitrogens is 1. The van der Waals surface area contributed by atoms with Gasteiger partial charge >= 0.3 is 0 Å². The molecule has 3 rings (SSSR count). The number of sulfonamides is 1. The zero-order chi connectivity index (χ0) is 19.8. The third kappa shape index (κ3) is 3.93. The highest BCUT2D eigenvalue weighted by Crippen LogP contribution is 2.38. The molecule has 146 valence electrons. The molecule has 1 atom stereocenters. The number of aryl methyl sites for hydroxylation is 3. The number of benzene rings is 1. The van der Waals surface area contributed by atoms with Crippen LogP contribution in [0.1, 0.15) is 57.3 Å². The number of thiazole rings is 1. The molecule has 0 radical (unpaired) electrons. The molecule has 0 saturated heterocycles. The Bertz CT molecular complexity index is 967. The minimum atomic E-state index is -3.61. The molecule has 1 amide bonds. The van der Waals surface area contributed by atoms with Gasteiger partial charge in [-0.1, -0.05) is 13.0 Å². The van der Waals surface area contributed by atoms with Gasteiger partial charge in [0, 0.05) is 19.2 Å². The second-order valence-corrected chi connectivity index (χ2v) is 9.85. The van der Waals surface area contributed by atoms with Crippen molar-refractivity contribution < 1.29 is 13.2 Å². The summed E-state index contributed by atoms with van der Waals surface area (Å²) in [7, 11) is -1.81. The van der Waals surface area contributed by atoms with Crippen molar-refractivity contribution in [1.29, 1.82) is 0 Å². The van der Waals surface area contributed by atoms with E-state index in [1.165, 1.54) is 12.1 Å². The number of carbonyl (C=O) groups excluding carboxylic acids is 1. The second kappa shape index (κ2) is 7.69. The molecule has 1 unspecified atom stereocenters. The van der Waals surface area contributed by atoms with Crippen LogP contribution in [0.2, 0.25) is 0 Å². The summed E-state index contributed by atoms with van der Waals surface area (Å²) in [6.07, 6.45) is 2.84. The molecule has 1 aliphatic rings. The van der Waals surface area contributed by atoms with E-state index in [0.29, 0.717) is 12.1 Å². The van der Waals surface area contributed by atoms with Gasteiger partial charge in [-0.3, -0.25) is 4.79 Å². The van der Waals surface area contributed by atoms with Crippen molar-refractivity contribution in [2.24, 2.45) is 0 Å². The zero-order valence-corrected chi connectivity index (χ0v) is 17.7. The van der Waals surface area contributed by atoms with Crippen LogP contribution in [0.3, 0.4) is 0 Å². The Labute approximate surface area is 164 Å². The van der Waals surface area contributed by atoms with E-state index in [4.69, 9.17) is 0 Å². The first-order valence-corrected chi connectivity index (χ1v) is 11.4. The SMILES string of the molecule is CCNS(=O)(=O)c1ccc(C)c(C(=O)N(C)C2CCCc3nc(C)sc32)c1. The van der Waals surface area contributed by atoms with Crippen molar-refractivity contribution in [2.75, 3.05) is 13.6 Å². The summed E-state index contributed by atoms with van der Waals surface area (Å²) in [6, 6.07) is 4.69. The standard InChI is InChI=1S/C19H25N3O3S2/c1-5-20-27(24,25)14-10-9-12(2)15(11-14)19(23)22(4)17-8-6-7-16-18(17)26-13(3)21-16/h9-11,17,20H,5-8H2,1-4H3. The zero-order valence-electron chi connectivity index (χ0n) is 16.1. The number of carbonyl (C=O) groups is 1. The summed E-state index contributed by atoms with van der Waals surface area (Å²) in [5, 5.41) is 1.02. The molecule has 1 N–H and O–H groups in total. The summed E-state index contributed by atoms with van der Waals surface area (Å²) in [4.78, 5) is 20.8. The van der Waals surface area contributed by atoms with E-state index in [0.717, 1.165) is 40.4 Å². The Kier molecular flexibility index (Phi) is 5.69. The van der Waals surface area contributed by atoms with Crippen molar-refractivity contribution in [2.45, 2.75) is 51.0 Å². The molecular formula is C19H25N3O3S2. The summed E-state index contributed by atoms with van der Waals surface area (Å²) in [5.74, 6) is -0.162. The van der Waals surface area contributed by atoms with Crippen molar-refractivity contribution in [3.63, 3.8) is 0 Å². The van der Waals surface area contributed by atoms with E-state index in [1.807, 2.05) is 13.8 Å². The smallest absolute Gasteiger partial charge is 0.254 e. The van der Waals surface area contributed by atoms with Gasteiger partial charge in [0.1, 0.15) is 0 Å². The van der Waals surface area contributed by atoms with Gasteiger partial charge in [-0.25, -0.2) is 18.1 Å². The van der Waals surface area contributed by atoms with Gasteiger partial charge in [0.25, 0.3) is 5.91 Å². The summed E-state index contributed by atoms with van der Waals surface area (Å²) >= 11 is 1.65. The molecule has 0 fully saturated rings. The first-order chi connectivity index (χ1) is 12.7. The predicted octanol–water partition coefficient (Wildman–Crippen LogP) is 3.21. The lowest BCUT2D eigenvalue weighted by Crippen LogP contribution is -2.33. The largest absolute Gasteiger partial charge is 0.334 e. The molecule has 1 aliphatic carbocycles. The van der Waals surface area contributed by atoms with Gasteiger partial charge in [0.2, 0.25) is 10.0 Å². The maximum absolute atomic E-state index is 13.2. The predicted molar refractivity (Wildman–Crippen MR) is 107 cm³/mol. The second-order valence-electron chi connectivity index (χ2n) is 6.85. The number of rotatable bonds is 5. The summed E-state index contributed by atoms with van der Waals surface area (Å²) < 4.78 is 27.1. The maximum atomic E-state index is 13.2. The molecule has 0 bridgehead atoms. The molecule has 2 aromatic rings. The number of nitrogens with one attached hydrogen (secondary N) is 1. The van der Waals surface area contributed by atoms with Gasteiger partial charge in [0.05, 0.1) is 26.5 Å². The van der Waals surface area contributed by atoms with Crippen LogP contribution in [0.15, 0.2) is 23.1 Å². The van der Waals surface area contributed by atoms with Crippen LogP contribution in [0.5, 0.6) is 0 Å². The van der Waals surface area contributed by atoms with Crippen LogP contribution in [-0.2, 0) is 16.4 Å². The highest BCUT2D eigenvalue weighted by atomic mass is 32.2. The normalized spacial score (nSPS) is 16.8. The van der Waals surface area contributed by atoms with Crippen LogP contribution < -0.4 is 4.72 Å². The Hall–Kier alpha value is -1.77. The first-order valence-electron chi connectivity index (χ1n) is 9.08. The van der Waals surface area contributed by atoms with Crippen LogP contribution in [0, 0.1) is 13.8 Å². The molecule has 0 aliphatic heterocycles. The van der Waals surface area contributed by atoms with Gasteiger partial charge < -0.3 is 4.90 Å². The number of hydrogen-bond donors (Lipinski definition) is 1. The fourth-order valence-corrected chi connectivity index (χ4v) is 5.71. The highest BCUT2D eigenvalue weighted by Gasteiger charge is 2.31. The van der Waals surface area contributed by atoms with Crippen LogP contribution in [0.25, 0.3) is 0 Å². The van der Waals surface area contributed by atoms with Crippen LogP contribution in [-0.4, -0.2) is 37.8 Å². The van der Waals surface area contributed by atoms with E-state index in [9.17, 15) is 13.2 Å². The van der Waals surface area contributed by atoms with E-state index >= 15 is 0 Å². The fraction of sp³-hybridized carbons (Fsp3) is 0.474. The monoisotopic (exact) mass is 407 g/mol. The minimum absolute atomic E-state index is 0.0131. The van der Waals surface area contributed by atoms with E-state index in [2.05, 4.69) is 9.71 Å². The minimum Gasteiger partial charge on any atom is -0.334 e. The number of amides is 1. The van der Waals surface area contributed by atoms with E-state index in [1.54, 1.807) is 36.3 Å². The Morgan fingerprint density at radius 3 is 2.81 bits per heavy atom. The van der Waals surface area contributed by atoms with Crippen molar-refractivity contribution in [3.8, 4) is 0 Å². The van der Waals surface area contributed by atoms with Gasteiger partial charge in [0.15, 0.2) is 0 Å². The molecular weight excluding hydrogens is 382 g/mol. The molecule has 0 saturated carbocycles. The number of fused-ring (bicyclic) bond motifs is 1. The van der Waals surface area contributed by atoms with E-state index in [-0.39, 0.29) is 16.8 Å². The average Bonchev–Trinajstić information content (AvgIpc) is 3.00. The van der Waals surface area contributed by atoms with Crippen molar-refractivity contribution >= 4 is 27.3 Å². The Morgan fingerprint density at radius 1 is 1.37 bits per heavy atom. The molecule has 1 aromatic carbocycles. The lowest BCUT2D eigenvalue weighted by Gasteiger charge is -2.31. The first kappa shape index (κ1) is 20.0. The lowest BCUT2D eigenvalue weighted by molar-refractivity contribution is 0.0717. The fourth-order valence-electron chi connectivity index (χ4n) is 3.49. The molecule has 1 heterocycles. The van der Waals surface area contributed by atoms with Gasteiger partial charge in [-0.2, -0.15) is 0 Å². The molecule has 0 spiro atoms. The van der Waals surface area contributed by atoms with E-state index < -0.39 is 10.0 Å². The van der Waals surface area contributed by atoms with Crippen LogP contribution in [0.4, 0.5) is 0 Å².